The molecular weight excluding hydrogens is 1110 g/mol. The highest BCUT2D eigenvalue weighted by atomic mass is 16.4. The number of unbranched alkanes of at least 4 members (excludes halogenated alkanes) is 1. The Morgan fingerprint density at radius 2 is 0.859 bits per heavy atom. The molecule has 1 aromatic heterocycles. The Hall–Kier alpha value is -8.36. The predicted molar refractivity (Wildman–Crippen MR) is 319 cm³/mol. The van der Waals surface area contributed by atoms with Crippen LogP contribution < -0.4 is 88.4 Å². The maximum atomic E-state index is 14.8. The summed E-state index contributed by atoms with van der Waals surface area (Å²) in [5.41, 5.74) is 45.8. The highest BCUT2D eigenvalue weighted by molar-refractivity contribution is 5.99. The van der Waals surface area contributed by atoms with Gasteiger partial charge in [-0.15, -0.1) is 0 Å². The topological polar surface area (TPSA) is 572 Å². The number of rotatable bonds is 39. The van der Waals surface area contributed by atoms with Gasteiger partial charge in [-0.2, -0.15) is 0 Å². The summed E-state index contributed by atoms with van der Waals surface area (Å²) in [6.07, 6.45) is -0.524. The molecule has 0 aliphatic carbocycles. The number of benzene rings is 1. The number of fused-ring (bicyclic) bond motifs is 1. The first-order valence-electron chi connectivity index (χ1n) is 28.2. The number of aromatic amines is 1. The summed E-state index contributed by atoms with van der Waals surface area (Å²) in [5.74, 6) is -10.4. The standard InChI is InChI=1S/C53H92N20O12/c1-26(2)38(70-42(76)32(55)15-11-21-62-51(56)57)47(81)67-34(17-9-10-20-54)44(78)72-40(28(5)74)49(83)69-37(24-30-25-65-33-16-8-7-14-31(30)33)46(80)66-35(18-12-22-63-52(58)59)43(77)71-39(27(3)4)48(82)68-36(19-13-23-64-53(60)61)45(79)73-41(29(6)75)50(84)85/h7-8,14,16,25-29,32,34-41,65,74-75H,9-13,15,17-24,54-55H2,1-6H3,(H,66,80)(H,67,81)(H,68,82)(H,69,83)(H,70,76)(H,71,77)(H,72,78)(H,73,79)(H,84,85)(H4,56,57,62)(H4,58,59,63)(H4,60,61,64)/t28-,29-,32+,34+,35+,36+,37+,38+,39+,40+,41+/m1/s1. The molecule has 0 aliphatic rings. The van der Waals surface area contributed by atoms with Gasteiger partial charge in [-0.3, -0.25) is 53.3 Å². The zero-order chi connectivity index (χ0) is 64.1. The number of carboxylic acid groups (broad SMARTS) is 1. The van der Waals surface area contributed by atoms with Crippen molar-refractivity contribution in [2.75, 3.05) is 26.2 Å². The van der Waals surface area contributed by atoms with Crippen LogP contribution in [-0.2, 0) is 49.6 Å². The summed E-state index contributed by atoms with van der Waals surface area (Å²) >= 11 is 0. The van der Waals surface area contributed by atoms with E-state index in [9.17, 15) is 58.5 Å². The van der Waals surface area contributed by atoms with Crippen molar-refractivity contribution in [2.45, 2.75) is 172 Å². The number of nitrogens with two attached hydrogens (primary N) is 8. The van der Waals surface area contributed by atoms with Gasteiger partial charge in [0.05, 0.1) is 18.2 Å². The molecule has 32 nitrogen and oxygen atoms in total. The Morgan fingerprint density at radius 3 is 1.29 bits per heavy atom. The Labute approximate surface area is 493 Å². The maximum absolute atomic E-state index is 14.8. The lowest BCUT2D eigenvalue weighted by Gasteiger charge is -2.30. The third-order valence-corrected chi connectivity index (χ3v) is 13.4. The van der Waals surface area contributed by atoms with Crippen LogP contribution in [0, 0.1) is 11.8 Å². The minimum absolute atomic E-state index is 0.0112. The number of para-hydroxylation sites is 1. The van der Waals surface area contributed by atoms with Gasteiger partial charge in [-0.1, -0.05) is 45.9 Å². The summed E-state index contributed by atoms with van der Waals surface area (Å²) in [5, 5.41) is 52.0. The van der Waals surface area contributed by atoms with Crippen molar-refractivity contribution >= 4 is 82.0 Å². The van der Waals surface area contributed by atoms with E-state index in [-0.39, 0.29) is 89.0 Å². The Morgan fingerprint density at radius 1 is 0.482 bits per heavy atom. The van der Waals surface area contributed by atoms with Crippen molar-refractivity contribution in [2.24, 2.45) is 72.7 Å². The quantitative estimate of drug-likeness (QED) is 0.0169. The van der Waals surface area contributed by atoms with Gasteiger partial charge in [0, 0.05) is 43.2 Å². The second-order valence-electron chi connectivity index (χ2n) is 21.3. The number of nitrogens with one attached hydrogen (secondary N) is 9. The number of H-pyrrole nitrogens is 1. The summed E-state index contributed by atoms with van der Waals surface area (Å²) < 4.78 is 0. The molecule has 8 amide bonds. The molecule has 0 bridgehead atoms. The van der Waals surface area contributed by atoms with Crippen LogP contribution in [0.15, 0.2) is 45.4 Å². The van der Waals surface area contributed by atoms with Gasteiger partial charge < -0.3 is 109 Å². The number of carboxylic acids is 1. The number of aliphatic hydroxyl groups is 2. The van der Waals surface area contributed by atoms with Crippen molar-refractivity contribution in [1.29, 1.82) is 0 Å². The van der Waals surface area contributed by atoms with E-state index >= 15 is 0 Å². The van der Waals surface area contributed by atoms with Gasteiger partial charge in [0.1, 0.15) is 42.3 Å². The van der Waals surface area contributed by atoms with Crippen LogP contribution in [0.3, 0.4) is 0 Å². The number of guanidine groups is 3. The largest absolute Gasteiger partial charge is 0.480 e. The molecule has 32 heteroatoms. The zero-order valence-electron chi connectivity index (χ0n) is 49.3. The van der Waals surface area contributed by atoms with E-state index < -0.39 is 132 Å². The second-order valence-corrected chi connectivity index (χ2v) is 21.3. The van der Waals surface area contributed by atoms with Crippen LogP contribution in [0.4, 0.5) is 0 Å². The van der Waals surface area contributed by atoms with Gasteiger partial charge >= 0.3 is 5.97 Å². The fraction of sp³-hybridized carbons (Fsp3) is 0.623. The van der Waals surface area contributed by atoms with Crippen molar-refractivity contribution in [3.05, 3.63) is 36.0 Å². The summed E-state index contributed by atoms with van der Waals surface area (Å²) in [4.78, 5) is 139. The molecule has 0 saturated heterocycles. The van der Waals surface area contributed by atoms with Gasteiger partial charge in [-0.25, -0.2) is 4.79 Å². The van der Waals surface area contributed by atoms with Crippen molar-refractivity contribution in [1.82, 2.24) is 47.5 Å². The van der Waals surface area contributed by atoms with Crippen LogP contribution in [0.2, 0.25) is 0 Å². The van der Waals surface area contributed by atoms with Crippen LogP contribution >= 0.6 is 0 Å². The molecule has 2 aromatic rings. The first-order valence-corrected chi connectivity index (χ1v) is 28.2. The molecule has 0 unspecified atom stereocenters. The first kappa shape index (κ1) is 72.7. The molecule has 1 aromatic carbocycles. The minimum Gasteiger partial charge on any atom is -0.480 e. The lowest BCUT2D eigenvalue weighted by Crippen LogP contribution is -2.62. The molecule has 1 heterocycles. The lowest BCUT2D eigenvalue weighted by molar-refractivity contribution is -0.145. The molecule has 28 N–H and O–H groups in total. The number of nitrogens with zero attached hydrogens (tertiary/aromatic N) is 3. The number of aliphatic hydroxyl groups excluding tert-OH is 2. The number of aliphatic carboxylic acids is 1. The fourth-order valence-electron chi connectivity index (χ4n) is 8.63. The number of hydrogen-bond acceptors (Lipinski definition) is 16. The summed E-state index contributed by atoms with van der Waals surface area (Å²) in [6.45, 7) is 9.34. The van der Waals surface area contributed by atoms with Gasteiger partial charge in [0.2, 0.25) is 47.3 Å². The number of aromatic nitrogens is 1. The highest BCUT2D eigenvalue weighted by Gasteiger charge is 2.37. The van der Waals surface area contributed by atoms with E-state index in [0.717, 1.165) is 6.92 Å². The summed E-state index contributed by atoms with van der Waals surface area (Å²) in [7, 11) is 0. The molecule has 0 spiro atoms. The Balaban J connectivity index is 2.57. The molecule has 0 aliphatic heterocycles. The average molecular weight is 1200 g/mol. The van der Waals surface area contributed by atoms with E-state index in [4.69, 9.17) is 45.9 Å². The first-order chi connectivity index (χ1) is 40.0. The minimum atomic E-state index is -1.76. The Kier molecular flexibility index (Phi) is 31.7. The van der Waals surface area contributed by atoms with Gasteiger partial charge in [-0.05, 0) is 102 Å². The molecule has 0 saturated carbocycles. The lowest BCUT2D eigenvalue weighted by atomic mass is 10.00. The molecule has 476 valence electrons. The normalized spacial score (nSPS) is 15.1. The number of carbonyl (C=O) groups is 9. The Bertz CT molecular complexity index is 2620. The SMILES string of the molecule is CC(C)[C@H](NC(=O)[C@H](CCCN=C(N)N)NC(=O)[C@H](Cc1c[nH]c2ccccc12)NC(=O)[C@@H](NC(=O)[C@H](CCCCN)NC(=O)[C@@H](NC(=O)[C@@H](N)CCCN=C(N)N)C(C)C)[C@@H](C)O)C(=O)N[C@@H](CCCN=C(N)N)C(=O)N[C@H](C(=O)O)[C@@H](C)O. The van der Waals surface area contributed by atoms with Crippen LogP contribution in [0.1, 0.15) is 105 Å². The zero-order valence-corrected chi connectivity index (χ0v) is 49.3. The highest BCUT2D eigenvalue weighted by Crippen LogP contribution is 2.20. The van der Waals surface area contributed by atoms with Gasteiger partial charge in [0.15, 0.2) is 23.9 Å². The van der Waals surface area contributed by atoms with Crippen molar-refractivity contribution in [3.63, 3.8) is 0 Å². The number of hydrogen-bond donors (Lipinski definition) is 20. The fourth-order valence-corrected chi connectivity index (χ4v) is 8.63. The van der Waals surface area contributed by atoms with E-state index in [1.165, 1.54) is 6.92 Å². The third-order valence-electron chi connectivity index (χ3n) is 13.4. The molecule has 11 atom stereocenters. The monoisotopic (exact) mass is 1200 g/mol. The third kappa shape index (κ3) is 26.0. The van der Waals surface area contributed by atoms with E-state index in [0.29, 0.717) is 35.7 Å². The number of amides is 8. The van der Waals surface area contributed by atoms with E-state index in [1.807, 2.05) is 0 Å². The van der Waals surface area contributed by atoms with Crippen molar-refractivity contribution in [3.8, 4) is 0 Å². The van der Waals surface area contributed by atoms with E-state index in [2.05, 4.69) is 62.5 Å². The van der Waals surface area contributed by atoms with Crippen LogP contribution in [0.25, 0.3) is 10.9 Å². The van der Waals surface area contributed by atoms with Gasteiger partial charge in [0.25, 0.3) is 0 Å². The molecule has 2 rings (SSSR count). The van der Waals surface area contributed by atoms with Crippen LogP contribution in [-0.4, -0.2) is 184 Å². The maximum Gasteiger partial charge on any atom is 0.328 e. The summed E-state index contributed by atoms with van der Waals surface area (Å²) in [6, 6.07) is -5.84. The smallest absolute Gasteiger partial charge is 0.328 e. The number of carbonyl (C=O) groups excluding carboxylic acids is 8. The van der Waals surface area contributed by atoms with Crippen LogP contribution in [0.5, 0.6) is 0 Å². The molecule has 0 radical (unpaired) electrons. The second kappa shape index (κ2) is 37.1. The predicted octanol–water partition coefficient (Wildman–Crippen LogP) is -5.64. The van der Waals surface area contributed by atoms with E-state index in [1.54, 1.807) is 58.2 Å². The average Bonchev–Trinajstić information content (AvgIpc) is 3.87. The molecular formula is C53H92N20O12. The molecule has 85 heavy (non-hydrogen) atoms. The molecule has 0 fully saturated rings. The number of aliphatic imine (C=N–C) groups is 3. The van der Waals surface area contributed by atoms with Crippen molar-refractivity contribution < 1.29 is 58.5 Å².